The smallest absolute Gasteiger partial charge is 0.295 e. The Balaban J connectivity index is 3.26. The number of rotatable bonds is 6. The maximum atomic E-state index is 13.3. The van der Waals surface area contributed by atoms with E-state index in [4.69, 9.17) is 11.6 Å². The van der Waals surface area contributed by atoms with Crippen LogP contribution in [0.4, 0.5) is 15.8 Å². The molecule has 1 rings (SSSR count). The van der Waals surface area contributed by atoms with Gasteiger partial charge < -0.3 is 10.4 Å². The van der Waals surface area contributed by atoms with Crippen LogP contribution in [-0.2, 0) is 0 Å². The van der Waals surface area contributed by atoms with Gasteiger partial charge in [-0.3, -0.25) is 10.1 Å². The number of benzene rings is 1. The number of aliphatic hydroxyl groups is 1. The molecule has 0 fully saturated rings. The van der Waals surface area contributed by atoms with E-state index in [-0.39, 0.29) is 17.3 Å². The standard InChI is InChI=1S/C12H16ClFN2O3/c1-3-12(4-2,7-17)15-10-5-8(13)9(14)6-11(10)16(18)19/h5-6,15,17H,3-4,7H2,1-2H3. The molecule has 0 atom stereocenters. The number of aliphatic hydroxyl groups excluding tert-OH is 1. The molecule has 1 aromatic carbocycles. The fraction of sp³-hybridized carbons (Fsp3) is 0.500. The molecule has 0 bridgehead atoms. The summed E-state index contributed by atoms with van der Waals surface area (Å²) in [4.78, 5) is 10.2. The van der Waals surface area contributed by atoms with Crippen molar-refractivity contribution in [2.45, 2.75) is 32.2 Å². The summed E-state index contributed by atoms with van der Waals surface area (Å²) in [7, 11) is 0. The van der Waals surface area contributed by atoms with E-state index in [0.717, 1.165) is 6.07 Å². The molecule has 19 heavy (non-hydrogen) atoms. The Morgan fingerprint density at radius 2 is 2.05 bits per heavy atom. The number of nitrogens with one attached hydrogen (secondary N) is 1. The van der Waals surface area contributed by atoms with Crippen molar-refractivity contribution in [2.75, 3.05) is 11.9 Å². The minimum atomic E-state index is -0.846. The first-order valence-electron chi connectivity index (χ1n) is 5.91. The highest BCUT2D eigenvalue weighted by Gasteiger charge is 2.29. The van der Waals surface area contributed by atoms with Crippen molar-refractivity contribution in [2.24, 2.45) is 0 Å². The summed E-state index contributed by atoms with van der Waals surface area (Å²) in [6.07, 6.45) is 1.12. The Morgan fingerprint density at radius 1 is 1.47 bits per heavy atom. The molecule has 0 aliphatic heterocycles. The highest BCUT2D eigenvalue weighted by Crippen LogP contribution is 2.33. The van der Waals surface area contributed by atoms with Crippen LogP contribution in [0.5, 0.6) is 0 Å². The van der Waals surface area contributed by atoms with Crippen molar-refractivity contribution in [3.8, 4) is 0 Å². The second kappa shape index (κ2) is 6.16. The summed E-state index contributed by atoms with van der Waals surface area (Å²) in [5.74, 6) is -0.846. The van der Waals surface area contributed by atoms with Crippen molar-refractivity contribution in [1.82, 2.24) is 0 Å². The van der Waals surface area contributed by atoms with Gasteiger partial charge in [-0.25, -0.2) is 4.39 Å². The zero-order chi connectivity index (χ0) is 14.6. The Hall–Kier alpha value is -1.40. The first-order valence-corrected chi connectivity index (χ1v) is 6.29. The predicted molar refractivity (Wildman–Crippen MR) is 72.1 cm³/mol. The maximum Gasteiger partial charge on any atom is 0.295 e. The molecular formula is C12H16ClFN2O3. The number of anilines is 1. The molecule has 0 amide bonds. The molecule has 7 heteroatoms. The number of halogens is 2. The van der Waals surface area contributed by atoms with Crippen LogP contribution in [0.3, 0.4) is 0 Å². The van der Waals surface area contributed by atoms with Crippen molar-refractivity contribution in [3.63, 3.8) is 0 Å². The first-order chi connectivity index (χ1) is 8.89. The van der Waals surface area contributed by atoms with Gasteiger partial charge in [-0.2, -0.15) is 0 Å². The van der Waals surface area contributed by atoms with Gasteiger partial charge in [-0.05, 0) is 18.9 Å². The molecule has 0 spiro atoms. The third-order valence-electron chi connectivity index (χ3n) is 3.29. The molecule has 0 saturated heterocycles. The average molecular weight is 291 g/mol. The molecule has 0 saturated carbocycles. The Labute approximate surface area is 115 Å². The Bertz CT molecular complexity index is 470. The van der Waals surface area contributed by atoms with E-state index in [1.165, 1.54) is 6.07 Å². The highest BCUT2D eigenvalue weighted by atomic mass is 35.5. The summed E-state index contributed by atoms with van der Waals surface area (Å²) in [5, 5.41) is 23.1. The van der Waals surface area contributed by atoms with Crippen LogP contribution in [0, 0.1) is 15.9 Å². The normalized spacial score (nSPS) is 11.4. The fourth-order valence-electron chi connectivity index (χ4n) is 1.76. The highest BCUT2D eigenvalue weighted by molar-refractivity contribution is 6.31. The zero-order valence-electron chi connectivity index (χ0n) is 10.7. The van der Waals surface area contributed by atoms with Gasteiger partial charge in [-0.15, -0.1) is 0 Å². The summed E-state index contributed by atoms with van der Waals surface area (Å²) in [6.45, 7) is 3.51. The van der Waals surface area contributed by atoms with Gasteiger partial charge in [-0.1, -0.05) is 25.4 Å². The van der Waals surface area contributed by atoms with Crippen molar-refractivity contribution in [1.29, 1.82) is 0 Å². The van der Waals surface area contributed by atoms with E-state index in [1.54, 1.807) is 0 Å². The van der Waals surface area contributed by atoms with Crippen molar-refractivity contribution < 1.29 is 14.4 Å². The van der Waals surface area contributed by atoms with Crippen LogP contribution in [0.25, 0.3) is 0 Å². The number of nitro groups is 1. The molecule has 0 unspecified atom stereocenters. The fourth-order valence-corrected chi connectivity index (χ4v) is 1.93. The zero-order valence-corrected chi connectivity index (χ0v) is 11.5. The molecule has 5 nitrogen and oxygen atoms in total. The quantitative estimate of drug-likeness (QED) is 0.622. The van der Waals surface area contributed by atoms with E-state index in [9.17, 15) is 19.6 Å². The van der Waals surface area contributed by atoms with Crippen LogP contribution in [0.2, 0.25) is 5.02 Å². The third kappa shape index (κ3) is 3.33. The number of nitro benzene ring substituents is 1. The van der Waals surface area contributed by atoms with E-state index in [0.29, 0.717) is 12.8 Å². The molecule has 2 N–H and O–H groups in total. The van der Waals surface area contributed by atoms with E-state index >= 15 is 0 Å². The molecular weight excluding hydrogens is 275 g/mol. The van der Waals surface area contributed by atoms with Gasteiger partial charge in [0.1, 0.15) is 11.5 Å². The van der Waals surface area contributed by atoms with Crippen molar-refractivity contribution >= 4 is 23.0 Å². The van der Waals surface area contributed by atoms with Crippen LogP contribution in [0.1, 0.15) is 26.7 Å². The van der Waals surface area contributed by atoms with Gasteiger partial charge in [0.2, 0.25) is 0 Å². The molecule has 106 valence electrons. The third-order valence-corrected chi connectivity index (χ3v) is 3.58. The summed E-state index contributed by atoms with van der Waals surface area (Å²) < 4.78 is 13.3. The largest absolute Gasteiger partial charge is 0.394 e. The van der Waals surface area contributed by atoms with Gasteiger partial charge in [0.25, 0.3) is 5.69 Å². The summed E-state index contributed by atoms with van der Waals surface area (Å²) in [6, 6.07) is 1.95. The van der Waals surface area contributed by atoms with E-state index < -0.39 is 22.0 Å². The van der Waals surface area contributed by atoms with Crippen molar-refractivity contribution in [3.05, 3.63) is 33.1 Å². The van der Waals surface area contributed by atoms with Crippen LogP contribution in [0.15, 0.2) is 12.1 Å². The number of hydrogen-bond acceptors (Lipinski definition) is 4. The number of nitrogens with zero attached hydrogens (tertiary/aromatic N) is 1. The van der Waals surface area contributed by atoms with Gasteiger partial charge in [0.05, 0.1) is 28.2 Å². The second-order valence-corrected chi connectivity index (χ2v) is 4.72. The van der Waals surface area contributed by atoms with Crippen LogP contribution < -0.4 is 5.32 Å². The van der Waals surface area contributed by atoms with Gasteiger partial charge >= 0.3 is 0 Å². The SMILES string of the molecule is CCC(CC)(CO)Nc1cc(Cl)c(F)cc1[N+](=O)[O-]. The monoisotopic (exact) mass is 290 g/mol. The molecule has 0 heterocycles. The second-order valence-electron chi connectivity index (χ2n) is 4.31. The molecule has 0 radical (unpaired) electrons. The summed E-state index contributed by atoms with van der Waals surface area (Å²) >= 11 is 5.65. The molecule has 0 aromatic heterocycles. The average Bonchev–Trinajstić information content (AvgIpc) is 2.39. The molecule has 1 aromatic rings. The predicted octanol–water partition coefficient (Wildman–Crippen LogP) is 3.35. The first kappa shape index (κ1) is 15.7. The molecule has 0 aliphatic rings. The lowest BCUT2D eigenvalue weighted by Gasteiger charge is -2.31. The maximum absolute atomic E-state index is 13.3. The summed E-state index contributed by atoms with van der Waals surface area (Å²) in [5.41, 5.74) is -0.984. The minimum Gasteiger partial charge on any atom is -0.394 e. The lowest BCUT2D eigenvalue weighted by Crippen LogP contribution is -2.41. The van der Waals surface area contributed by atoms with E-state index in [1.807, 2.05) is 13.8 Å². The lowest BCUT2D eigenvalue weighted by atomic mass is 9.93. The van der Waals surface area contributed by atoms with E-state index in [2.05, 4.69) is 5.32 Å². The minimum absolute atomic E-state index is 0.106. The van der Waals surface area contributed by atoms with Crippen LogP contribution >= 0.6 is 11.6 Å². The lowest BCUT2D eigenvalue weighted by molar-refractivity contribution is -0.384. The topological polar surface area (TPSA) is 75.4 Å². The van der Waals surface area contributed by atoms with Gasteiger partial charge in [0.15, 0.2) is 0 Å². The van der Waals surface area contributed by atoms with Gasteiger partial charge in [0, 0.05) is 0 Å². The van der Waals surface area contributed by atoms with Crippen LogP contribution in [-0.4, -0.2) is 22.2 Å². The Morgan fingerprint density at radius 3 is 2.47 bits per heavy atom. The molecule has 0 aliphatic carbocycles. The Kier molecular flexibility index (Phi) is 5.08. The number of hydrogen-bond donors (Lipinski definition) is 2.